The number of aliphatic hydroxyl groups excluding tert-OH is 1. The number of carboxylic acid groups (broad SMARTS) is 1. The van der Waals surface area contributed by atoms with Crippen LogP contribution < -0.4 is 15.8 Å². The van der Waals surface area contributed by atoms with Crippen LogP contribution in [0.25, 0.3) is 10.9 Å². The lowest BCUT2D eigenvalue weighted by atomic mass is 9.83. The van der Waals surface area contributed by atoms with Crippen LogP contribution in [0.15, 0.2) is 41.2 Å². The Kier molecular flexibility index (Phi) is 6.36. The van der Waals surface area contributed by atoms with Crippen LogP contribution in [-0.2, 0) is 6.73 Å². The average Bonchev–Trinajstić information content (AvgIpc) is 2.79. The van der Waals surface area contributed by atoms with E-state index in [1.54, 1.807) is 30.3 Å². The maximum absolute atomic E-state index is 13.4. The Labute approximate surface area is 198 Å². The van der Waals surface area contributed by atoms with Crippen molar-refractivity contribution in [1.82, 2.24) is 9.55 Å². The Morgan fingerprint density at radius 1 is 1.21 bits per heavy atom. The molecule has 3 aromatic rings. The number of carboxylic acids is 1. The fraction of sp³-hybridized carbons (Fsp3) is 0.423. The van der Waals surface area contributed by atoms with Crippen molar-refractivity contribution in [1.29, 1.82) is 0 Å². The van der Waals surface area contributed by atoms with E-state index in [-0.39, 0.29) is 22.6 Å². The Morgan fingerprint density at radius 3 is 2.53 bits per heavy atom. The van der Waals surface area contributed by atoms with Gasteiger partial charge >= 0.3 is 5.97 Å². The summed E-state index contributed by atoms with van der Waals surface area (Å²) < 4.78 is 1.34. The third kappa shape index (κ3) is 4.50. The van der Waals surface area contributed by atoms with Gasteiger partial charge in [-0.2, -0.15) is 0 Å². The van der Waals surface area contributed by atoms with Gasteiger partial charge in [-0.1, -0.05) is 32.0 Å². The first-order valence-corrected chi connectivity index (χ1v) is 11.6. The fourth-order valence-electron chi connectivity index (χ4n) is 4.61. The van der Waals surface area contributed by atoms with E-state index < -0.39 is 12.7 Å². The van der Waals surface area contributed by atoms with Gasteiger partial charge in [-0.3, -0.25) is 9.36 Å². The third-order valence-corrected chi connectivity index (χ3v) is 6.75. The van der Waals surface area contributed by atoms with E-state index in [0.29, 0.717) is 22.5 Å². The highest BCUT2D eigenvalue weighted by atomic mass is 16.4. The molecular weight excluding hydrogens is 432 g/mol. The summed E-state index contributed by atoms with van der Waals surface area (Å²) in [5.74, 6) is -0.539. The van der Waals surface area contributed by atoms with E-state index >= 15 is 0 Å². The van der Waals surface area contributed by atoms with Gasteiger partial charge < -0.3 is 20.4 Å². The number of aromatic carboxylic acids is 1. The first-order chi connectivity index (χ1) is 16.1. The molecule has 180 valence electrons. The van der Waals surface area contributed by atoms with Gasteiger partial charge in [-0.25, -0.2) is 9.78 Å². The van der Waals surface area contributed by atoms with Gasteiger partial charge in [0, 0.05) is 24.3 Å². The molecule has 1 aromatic heterocycles. The summed E-state index contributed by atoms with van der Waals surface area (Å²) in [5.41, 5.74) is 2.88. The first-order valence-electron chi connectivity index (χ1n) is 11.6. The van der Waals surface area contributed by atoms with E-state index in [4.69, 9.17) is 4.98 Å². The average molecular weight is 465 g/mol. The molecule has 0 aliphatic carbocycles. The molecule has 1 saturated heterocycles. The number of nitrogens with one attached hydrogen (secondary N) is 1. The van der Waals surface area contributed by atoms with Gasteiger partial charge in [0.2, 0.25) is 5.95 Å². The van der Waals surface area contributed by atoms with Crippen LogP contribution in [-0.4, -0.2) is 38.8 Å². The molecule has 1 aliphatic heterocycles. The van der Waals surface area contributed by atoms with Crippen molar-refractivity contribution >= 4 is 28.5 Å². The lowest BCUT2D eigenvalue weighted by Crippen LogP contribution is -2.41. The van der Waals surface area contributed by atoms with Crippen LogP contribution >= 0.6 is 0 Å². The molecule has 8 nitrogen and oxygen atoms in total. The van der Waals surface area contributed by atoms with Gasteiger partial charge in [0.1, 0.15) is 6.73 Å². The summed E-state index contributed by atoms with van der Waals surface area (Å²) in [7, 11) is 0. The normalized spacial score (nSPS) is 16.4. The zero-order valence-electron chi connectivity index (χ0n) is 20.1. The number of aromatic nitrogens is 2. The highest BCUT2D eigenvalue weighted by molar-refractivity contribution is 5.94. The number of hydrogen-bond acceptors (Lipinski definition) is 6. The quantitative estimate of drug-likeness (QED) is 0.503. The topological polar surface area (TPSA) is 108 Å². The van der Waals surface area contributed by atoms with Crippen LogP contribution in [0, 0.1) is 12.3 Å². The summed E-state index contributed by atoms with van der Waals surface area (Å²) in [6.45, 7) is 9.37. The molecule has 0 amide bonds. The van der Waals surface area contributed by atoms with Crippen molar-refractivity contribution in [2.45, 2.75) is 53.3 Å². The Balaban J connectivity index is 1.82. The lowest BCUT2D eigenvalue weighted by molar-refractivity contribution is 0.0698. The number of fused-ring (bicyclic) bond motifs is 1. The lowest BCUT2D eigenvalue weighted by Gasteiger charge is -2.38. The van der Waals surface area contributed by atoms with E-state index in [0.717, 1.165) is 37.1 Å². The number of para-hydroxylation sites is 1. The Bertz CT molecular complexity index is 1290. The summed E-state index contributed by atoms with van der Waals surface area (Å²) in [5, 5.41) is 23.3. The second-order valence-corrected chi connectivity index (χ2v) is 9.90. The minimum atomic E-state index is -1.01. The fourth-order valence-corrected chi connectivity index (χ4v) is 4.61. The van der Waals surface area contributed by atoms with E-state index in [1.165, 1.54) is 4.57 Å². The van der Waals surface area contributed by atoms with Crippen LogP contribution in [0.2, 0.25) is 0 Å². The smallest absolute Gasteiger partial charge is 0.337 e. The molecule has 1 fully saturated rings. The van der Waals surface area contributed by atoms with E-state index in [9.17, 15) is 19.8 Å². The van der Waals surface area contributed by atoms with Crippen LogP contribution in [0.5, 0.6) is 0 Å². The van der Waals surface area contributed by atoms with Crippen molar-refractivity contribution < 1.29 is 15.0 Å². The SMILES string of the molecule is Cc1cc([C@@H](C)Nc2ccccc2C(=O)O)c2nc(N3CCC(C)(C)CC3)n(CO)c(=O)c2c1. The number of aliphatic hydroxyl groups is 1. The molecule has 0 bridgehead atoms. The molecule has 1 atom stereocenters. The number of aryl methyl sites for hydroxylation is 1. The number of carbonyl (C=O) groups is 1. The van der Waals surface area contributed by atoms with Gasteiger partial charge in [0.05, 0.1) is 22.5 Å². The molecule has 2 aromatic carbocycles. The molecular formula is C26H32N4O4. The number of benzene rings is 2. The summed E-state index contributed by atoms with van der Waals surface area (Å²) >= 11 is 0. The van der Waals surface area contributed by atoms with Crippen molar-refractivity contribution in [2.75, 3.05) is 23.3 Å². The zero-order valence-corrected chi connectivity index (χ0v) is 20.1. The predicted octanol–water partition coefficient (Wildman–Crippen LogP) is 4.15. The van der Waals surface area contributed by atoms with Crippen LogP contribution in [0.1, 0.15) is 61.1 Å². The predicted molar refractivity (Wildman–Crippen MR) is 134 cm³/mol. The van der Waals surface area contributed by atoms with Crippen molar-refractivity contribution in [3.05, 3.63) is 63.4 Å². The summed E-state index contributed by atoms with van der Waals surface area (Å²) in [6, 6.07) is 10.2. The summed E-state index contributed by atoms with van der Waals surface area (Å²) in [6.07, 6.45) is 1.94. The Morgan fingerprint density at radius 2 is 1.88 bits per heavy atom. The Hall–Kier alpha value is -3.39. The highest BCUT2D eigenvalue weighted by Crippen LogP contribution is 2.33. The van der Waals surface area contributed by atoms with E-state index in [2.05, 4.69) is 24.1 Å². The number of piperidine rings is 1. The molecule has 2 heterocycles. The molecule has 34 heavy (non-hydrogen) atoms. The van der Waals surface area contributed by atoms with Gasteiger partial charge in [0.15, 0.2) is 0 Å². The number of hydrogen-bond donors (Lipinski definition) is 3. The monoisotopic (exact) mass is 464 g/mol. The maximum Gasteiger partial charge on any atom is 0.337 e. The van der Waals surface area contributed by atoms with E-state index in [1.807, 2.05) is 19.9 Å². The second-order valence-electron chi connectivity index (χ2n) is 9.90. The molecule has 4 rings (SSSR count). The van der Waals surface area contributed by atoms with Crippen LogP contribution in [0.3, 0.4) is 0 Å². The first kappa shape index (κ1) is 23.8. The molecule has 3 N–H and O–H groups in total. The number of nitrogens with zero attached hydrogens (tertiary/aromatic N) is 3. The largest absolute Gasteiger partial charge is 0.478 e. The minimum absolute atomic E-state index is 0.179. The van der Waals surface area contributed by atoms with Crippen molar-refractivity contribution in [2.24, 2.45) is 5.41 Å². The standard InChI is InChI=1S/C26H32N4O4/c1-16-13-19(17(2)27-21-8-6-5-7-18(21)24(33)34)22-20(14-16)23(32)30(15-31)25(28-22)29-11-9-26(3,4)10-12-29/h5-8,13-14,17,27,31H,9-12,15H2,1-4H3,(H,33,34)/t17-/m1/s1. The summed E-state index contributed by atoms with van der Waals surface area (Å²) in [4.78, 5) is 32.1. The van der Waals surface area contributed by atoms with Gasteiger partial charge in [-0.05, 0) is 55.9 Å². The minimum Gasteiger partial charge on any atom is -0.478 e. The number of anilines is 2. The second kappa shape index (κ2) is 9.10. The molecule has 0 saturated carbocycles. The van der Waals surface area contributed by atoms with Crippen molar-refractivity contribution in [3.63, 3.8) is 0 Å². The molecule has 8 heteroatoms. The van der Waals surface area contributed by atoms with Gasteiger partial charge in [-0.15, -0.1) is 0 Å². The molecule has 0 unspecified atom stereocenters. The highest BCUT2D eigenvalue weighted by Gasteiger charge is 2.28. The van der Waals surface area contributed by atoms with Gasteiger partial charge in [0.25, 0.3) is 5.56 Å². The van der Waals surface area contributed by atoms with Crippen LogP contribution in [0.4, 0.5) is 11.6 Å². The third-order valence-electron chi connectivity index (χ3n) is 6.75. The van der Waals surface area contributed by atoms with Crippen molar-refractivity contribution in [3.8, 4) is 0 Å². The number of rotatable bonds is 6. The molecule has 0 radical (unpaired) electrons. The zero-order chi connectivity index (χ0) is 24.6. The maximum atomic E-state index is 13.4. The molecule has 1 aliphatic rings. The molecule has 0 spiro atoms.